The number of rotatable bonds is 8. The largest absolute Gasteiger partial charge is 4.00 e. The Balaban J connectivity index is -0.000000199. The van der Waals surface area contributed by atoms with E-state index in [9.17, 15) is 0 Å². The number of hydrogen-bond acceptors (Lipinski definition) is 0. The molecule has 16 atom stereocenters. The molecule has 6 rings (SSSR count). The summed E-state index contributed by atoms with van der Waals surface area (Å²) in [7, 11) is -2.62. The average molecular weight is 992 g/mol. The van der Waals surface area contributed by atoms with Gasteiger partial charge in [-0.05, 0) is 118 Å². The van der Waals surface area contributed by atoms with E-state index in [0.29, 0.717) is 0 Å². The van der Waals surface area contributed by atoms with Crippen molar-refractivity contribution in [1.82, 2.24) is 0 Å². The second-order valence-corrected chi connectivity index (χ2v) is 30.3. The Labute approximate surface area is 412 Å². The van der Waals surface area contributed by atoms with Crippen LogP contribution < -0.4 is 0 Å². The van der Waals surface area contributed by atoms with E-state index in [-0.39, 0.29) is 112 Å². The standard InChI is InChI=1S/2C23H40Si.8CH3.2Zr/c2*1-8-11-19-14-22(21-13-10-9-12-20(19)21)24(6,7)23-17(4)15(2)16(3)18(23)5;;;;;;;;;;/h2*9-10,12-13,15-23H,8,11,14H2,1-7H3;8*1H3;;/q;;8*-1;2*+4. The van der Waals surface area contributed by atoms with Gasteiger partial charge < -0.3 is 59.4 Å². The van der Waals surface area contributed by atoms with Gasteiger partial charge in [-0.3, -0.25) is 0 Å². The van der Waals surface area contributed by atoms with Gasteiger partial charge in [-0.2, -0.15) is 0 Å². The molecule has 0 spiro atoms. The summed E-state index contributed by atoms with van der Waals surface area (Å²) in [5, 5.41) is 0. The topological polar surface area (TPSA) is 0 Å². The molecule has 0 heterocycles. The smallest absolute Gasteiger partial charge is 0.358 e. The van der Waals surface area contributed by atoms with Gasteiger partial charge in [0.1, 0.15) is 0 Å². The fourth-order valence-corrected chi connectivity index (χ4v) is 26.8. The van der Waals surface area contributed by atoms with Crippen molar-refractivity contribution in [1.29, 1.82) is 0 Å². The minimum absolute atomic E-state index is 0. The first-order chi connectivity index (χ1) is 22.6. The molecule has 0 aromatic rings. The van der Waals surface area contributed by atoms with Crippen molar-refractivity contribution in [3.8, 4) is 0 Å². The summed E-state index contributed by atoms with van der Waals surface area (Å²) in [6, 6.07) is 0. The molecule has 0 radical (unpaired) electrons. The Morgan fingerprint density at radius 3 is 0.828 bits per heavy atom. The molecule has 0 bridgehead atoms. The van der Waals surface area contributed by atoms with Crippen LogP contribution >= 0.6 is 0 Å². The normalized spacial score (nSPS) is 39.8. The summed E-state index contributed by atoms with van der Waals surface area (Å²) in [5.41, 5.74) is 4.00. The molecule has 16 unspecified atom stereocenters. The van der Waals surface area contributed by atoms with Crippen LogP contribution in [0, 0.1) is 142 Å². The second-order valence-electron chi connectivity index (χ2n) is 20.2. The first-order valence-corrected chi connectivity index (χ1v) is 27.6. The van der Waals surface area contributed by atoms with Crippen LogP contribution in [0.3, 0.4) is 0 Å². The van der Waals surface area contributed by atoms with Gasteiger partial charge in [-0.15, -0.1) is 0 Å². The molecular weight excluding hydrogens is 887 g/mol. The second kappa shape index (κ2) is 28.8. The van der Waals surface area contributed by atoms with E-state index in [1.807, 2.05) is 0 Å². The predicted octanol–water partition coefficient (Wildman–Crippen LogP) is 17.9. The SMILES string of the molecule is CCCC1CC([Si](C)(C)C2C(C)C(C)C(C)C2C)C2C=CC=CC12.CCCC1CC([Si](C)(C)C2C(C)C(C)C(C)C2C)C2C=CC=CC12.[CH3-].[CH3-].[CH3-].[CH3-].[CH3-].[CH3-].[CH3-].[CH3-].[Zr+4].[Zr+4]. The van der Waals surface area contributed by atoms with Gasteiger partial charge in [0, 0.05) is 0 Å². The van der Waals surface area contributed by atoms with E-state index in [4.69, 9.17) is 0 Å². The molecule has 0 N–H and O–H groups in total. The predicted molar refractivity (Wildman–Crippen MR) is 271 cm³/mol. The van der Waals surface area contributed by atoms with Gasteiger partial charge in [-0.25, -0.2) is 0 Å². The Hall–Kier alpha value is 1.16. The summed E-state index contributed by atoms with van der Waals surface area (Å²) in [5.74, 6) is 12.6. The van der Waals surface area contributed by atoms with Crippen LogP contribution in [-0.4, -0.2) is 16.1 Å². The summed E-state index contributed by atoms with van der Waals surface area (Å²) in [4.78, 5) is 0. The van der Waals surface area contributed by atoms with E-state index >= 15 is 0 Å². The first-order valence-electron chi connectivity index (χ1n) is 21.3. The van der Waals surface area contributed by atoms with E-state index in [2.05, 4.69) is 144 Å². The van der Waals surface area contributed by atoms with Crippen LogP contribution in [0.4, 0.5) is 0 Å². The zero-order valence-electron chi connectivity index (χ0n) is 43.3. The van der Waals surface area contributed by atoms with E-state index in [1.165, 1.54) is 38.5 Å². The average Bonchev–Trinajstić information content (AvgIpc) is 3.73. The molecule has 0 aromatic heterocycles. The molecule has 4 saturated carbocycles. The maximum absolute atomic E-state index is 2.76. The Bertz CT molecular complexity index is 1080. The Morgan fingerprint density at radius 2 is 0.603 bits per heavy atom. The van der Waals surface area contributed by atoms with Crippen molar-refractivity contribution in [2.24, 2.45) is 82.9 Å². The van der Waals surface area contributed by atoms with Crippen LogP contribution in [0.15, 0.2) is 48.6 Å². The van der Waals surface area contributed by atoms with Crippen LogP contribution in [-0.2, 0) is 52.4 Å². The zero-order chi connectivity index (χ0) is 35.3. The quantitative estimate of drug-likeness (QED) is 0.168. The maximum atomic E-state index is 2.76. The van der Waals surface area contributed by atoms with Crippen molar-refractivity contribution in [2.75, 3.05) is 0 Å². The molecule has 58 heavy (non-hydrogen) atoms. The van der Waals surface area contributed by atoms with Gasteiger partial charge >= 0.3 is 52.4 Å². The molecule has 6 aliphatic carbocycles. The summed E-state index contributed by atoms with van der Waals surface area (Å²) in [6.45, 7) is 36.2. The Morgan fingerprint density at radius 1 is 0.379 bits per heavy atom. The minimum atomic E-state index is -1.31. The number of hydrogen-bond donors (Lipinski definition) is 0. The first kappa shape index (κ1) is 70.8. The maximum Gasteiger partial charge on any atom is 4.00 e. The van der Waals surface area contributed by atoms with E-state index in [1.54, 1.807) is 0 Å². The van der Waals surface area contributed by atoms with Crippen molar-refractivity contribution < 1.29 is 52.4 Å². The van der Waals surface area contributed by atoms with Crippen LogP contribution in [0.5, 0.6) is 0 Å². The number of fused-ring (bicyclic) bond motifs is 2. The molecule has 0 aliphatic heterocycles. The fourth-order valence-electron chi connectivity index (χ4n) is 14.7. The third-order valence-electron chi connectivity index (χ3n) is 17.8. The molecular formula is C54H104Si2Zr2. The van der Waals surface area contributed by atoms with Gasteiger partial charge in [0.25, 0.3) is 0 Å². The summed E-state index contributed by atoms with van der Waals surface area (Å²) >= 11 is 0. The molecule has 0 saturated heterocycles. The van der Waals surface area contributed by atoms with Gasteiger partial charge in [0.15, 0.2) is 0 Å². The molecule has 0 amide bonds. The van der Waals surface area contributed by atoms with Crippen LogP contribution in [0.2, 0.25) is 48.4 Å². The molecule has 336 valence electrons. The monoisotopic (exact) mass is 989 g/mol. The Kier molecular flexibility index (Phi) is 35.2. The summed E-state index contributed by atoms with van der Waals surface area (Å²) in [6.07, 6.45) is 28.2. The molecule has 4 fully saturated rings. The van der Waals surface area contributed by atoms with E-state index in [0.717, 1.165) is 105 Å². The van der Waals surface area contributed by atoms with Crippen molar-refractivity contribution in [2.45, 2.75) is 156 Å². The van der Waals surface area contributed by atoms with Gasteiger partial charge in [0.2, 0.25) is 0 Å². The van der Waals surface area contributed by atoms with Crippen molar-refractivity contribution in [3.63, 3.8) is 0 Å². The molecule has 0 aromatic carbocycles. The van der Waals surface area contributed by atoms with Gasteiger partial charge in [0.05, 0.1) is 16.1 Å². The summed E-state index contributed by atoms with van der Waals surface area (Å²) < 4.78 is 0. The molecule has 6 aliphatic rings. The van der Waals surface area contributed by atoms with E-state index < -0.39 is 16.1 Å². The number of allylic oxidation sites excluding steroid dienone is 8. The molecule has 4 heteroatoms. The minimum Gasteiger partial charge on any atom is -0.358 e. The zero-order valence-corrected chi connectivity index (χ0v) is 50.2. The van der Waals surface area contributed by atoms with Gasteiger partial charge in [-0.1, -0.05) is 170 Å². The van der Waals surface area contributed by atoms with Crippen molar-refractivity contribution >= 4 is 16.1 Å². The third-order valence-corrected chi connectivity index (χ3v) is 28.4. The molecule has 0 nitrogen and oxygen atoms in total. The van der Waals surface area contributed by atoms with Crippen LogP contribution in [0.1, 0.15) is 108 Å². The fraction of sp³-hybridized carbons (Fsp3) is 0.704. The van der Waals surface area contributed by atoms with Crippen LogP contribution in [0.25, 0.3) is 0 Å². The third kappa shape index (κ3) is 13.1. The van der Waals surface area contributed by atoms with Crippen molar-refractivity contribution in [3.05, 3.63) is 108 Å².